The van der Waals surface area contributed by atoms with Crippen LogP contribution < -0.4 is 0 Å². The summed E-state index contributed by atoms with van der Waals surface area (Å²) < 4.78 is 0. The first-order valence-corrected chi connectivity index (χ1v) is 4.21. The van der Waals surface area contributed by atoms with Crippen LogP contribution >= 0.6 is 0 Å². The highest BCUT2D eigenvalue weighted by atomic mass is 16.3. The molecule has 0 bridgehead atoms. The lowest BCUT2D eigenvalue weighted by Crippen LogP contribution is -1.83. The van der Waals surface area contributed by atoms with Gasteiger partial charge in [-0.15, -0.1) is 0 Å². The van der Waals surface area contributed by atoms with Crippen molar-refractivity contribution in [1.82, 2.24) is 0 Å². The molecule has 0 saturated heterocycles. The van der Waals surface area contributed by atoms with Crippen LogP contribution in [0.4, 0.5) is 0 Å². The van der Waals surface area contributed by atoms with Gasteiger partial charge in [0.1, 0.15) is 0 Å². The lowest BCUT2D eigenvalue weighted by molar-refractivity contribution is 0.608. The van der Waals surface area contributed by atoms with Crippen molar-refractivity contribution >= 4 is 0 Å². The average molecular weight is 141 g/mol. The van der Waals surface area contributed by atoms with Gasteiger partial charge in [-0.2, -0.15) is 4.91 Å². The van der Waals surface area contributed by atoms with Crippen molar-refractivity contribution < 1.29 is 0 Å². The Morgan fingerprint density at radius 1 is 1.50 bits per heavy atom. The normalized spacial score (nSPS) is 30.1. The van der Waals surface area contributed by atoms with Gasteiger partial charge in [-0.25, -0.2) is 0 Å². The maximum Gasteiger partial charge on any atom is 0.0952 e. The Labute approximate surface area is 62.0 Å². The summed E-state index contributed by atoms with van der Waals surface area (Å²) in [6.07, 6.45) is 6.15. The molecule has 0 radical (unpaired) electrons. The van der Waals surface area contributed by atoms with Gasteiger partial charge in [0.25, 0.3) is 0 Å². The standard InChI is InChI=1S/C8H15NO/c1-2-3-4-5-7-6-8(7)9-10/h7-8H,2-6H2,1H3. The second-order valence-electron chi connectivity index (χ2n) is 3.16. The van der Waals surface area contributed by atoms with Gasteiger partial charge in [0.05, 0.1) is 6.04 Å². The van der Waals surface area contributed by atoms with E-state index in [2.05, 4.69) is 12.1 Å². The highest BCUT2D eigenvalue weighted by Gasteiger charge is 2.37. The van der Waals surface area contributed by atoms with Crippen molar-refractivity contribution in [2.24, 2.45) is 11.1 Å². The molecule has 1 aliphatic rings. The fourth-order valence-electron chi connectivity index (χ4n) is 1.33. The third-order valence-electron chi connectivity index (χ3n) is 2.20. The summed E-state index contributed by atoms with van der Waals surface area (Å²) in [6, 6.07) is 0.192. The molecular formula is C8H15NO. The smallest absolute Gasteiger partial charge is 0.0952 e. The summed E-state index contributed by atoms with van der Waals surface area (Å²) in [7, 11) is 0. The Kier molecular flexibility index (Phi) is 2.84. The minimum atomic E-state index is 0.192. The maximum absolute atomic E-state index is 9.96. The van der Waals surface area contributed by atoms with E-state index in [0.29, 0.717) is 5.92 Å². The van der Waals surface area contributed by atoms with E-state index < -0.39 is 0 Å². The Bertz CT molecular complexity index is 114. The van der Waals surface area contributed by atoms with Crippen molar-refractivity contribution in [3.8, 4) is 0 Å². The first-order valence-electron chi connectivity index (χ1n) is 4.21. The highest BCUT2D eigenvalue weighted by Crippen LogP contribution is 2.37. The van der Waals surface area contributed by atoms with E-state index in [1.807, 2.05) is 0 Å². The van der Waals surface area contributed by atoms with E-state index in [1.165, 1.54) is 25.7 Å². The van der Waals surface area contributed by atoms with Gasteiger partial charge in [0.2, 0.25) is 0 Å². The summed E-state index contributed by atoms with van der Waals surface area (Å²) in [6.45, 7) is 2.20. The molecule has 0 aromatic heterocycles. The zero-order valence-corrected chi connectivity index (χ0v) is 6.55. The molecule has 58 valence electrons. The minimum Gasteiger partial charge on any atom is -0.151 e. The molecule has 0 aromatic rings. The van der Waals surface area contributed by atoms with E-state index in [1.54, 1.807) is 0 Å². The van der Waals surface area contributed by atoms with Crippen LogP contribution in [-0.4, -0.2) is 6.04 Å². The van der Waals surface area contributed by atoms with E-state index in [9.17, 15) is 4.91 Å². The maximum atomic E-state index is 9.96. The Morgan fingerprint density at radius 2 is 2.30 bits per heavy atom. The third-order valence-corrected chi connectivity index (χ3v) is 2.20. The van der Waals surface area contributed by atoms with Gasteiger partial charge in [0.15, 0.2) is 0 Å². The SMILES string of the molecule is CCCCCC1CC1N=O. The molecule has 1 aliphatic carbocycles. The Hall–Kier alpha value is -0.400. The molecule has 0 aliphatic heterocycles. The molecule has 10 heavy (non-hydrogen) atoms. The molecule has 0 amide bonds. The topological polar surface area (TPSA) is 29.4 Å². The van der Waals surface area contributed by atoms with Gasteiger partial charge in [-0.3, -0.25) is 0 Å². The van der Waals surface area contributed by atoms with Crippen molar-refractivity contribution in [3.63, 3.8) is 0 Å². The van der Waals surface area contributed by atoms with E-state index >= 15 is 0 Å². The molecule has 2 unspecified atom stereocenters. The molecule has 1 rings (SSSR count). The largest absolute Gasteiger partial charge is 0.151 e. The zero-order chi connectivity index (χ0) is 7.40. The van der Waals surface area contributed by atoms with Gasteiger partial charge < -0.3 is 0 Å². The van der Waals surface area contributed by atoms with Crippen LogP contribution in [0.15, 0.2) is 5.18 Å². The quantitative estimate of drug-likeness (QED) is 0.427. The molecule has 1 fully saturated rings. The van der Waals surface area contributed by atoms with Crippen LogP contribution in [0.2, 0.25) is 0 Å². The average Bonchev–Trinajstić information content (AvgIpc) is 2.68. The highest BCUT2D eigenvalue weighted by molar-refractivity contribution is 4.92. The predicted molar refractivity (Wildman–Crippen MR) is 41.8 cm³/mol. The van der Waals surface area contributed by atoms with E-state index in [-0.39, 0.29) is 6.04 Å². The molecule has 0 heterocycles. The molecule has 2 atom stereocenters. The van der Waals surface area contributed by atoms with Crippen LogP contribution in [0.3, 0.4) is 0 Å². The van der Waals surface area contributed by atoms with E-state index in [0.717, 1.165) is 6.42 Å². The fourth-order valence-corrected chi connectivity index (χ4v) is 1.33. The van der Waals surface area contributed by atoms with Gasteiger partial charge >= 0.3 is 0 Å². The first-order chi connectivity index (χ1) is 4.88. The monoisotopic (exact) mass is 141 g/mol. The summed E-state index contributed by atoms with van der Waals surface area (Å²) in [4.78, 5) is 9.96. The molecule has 0 spiro atoms. The number of rotatable bonds is 5. The summed E-state index contributed by atoms with van der Waals surface area (Å²) in [5.74, 6) is 0.657. The molecule has 2 nitrogen and oxygen atoms in total. The van der Waals surface area contributed by atoms with Gasteiger partial charge in [-0.05, 0) is 18.8 Å². The van der Waals surface area contributed by atoms with Crippen LogP contribution in [-0.2, 0) is 0 Å². The summed E-state index contributed by atoms with van der Waals surface area (Å²) in [5.41, 5.74) is 0. The number of nitrogens with zero attached hydrogens (tertiary/aromatic N) is 1. The van der Waals surface area contributed by atoms with Crippen LogP contribution in [0.1, 0.15) is 39.0 Å². The number of hydrogen-bond acceptors (Lipinski definition) is 2. The van der Waals surface area contributed by atoms with Crippen molar-refractivity contribution in [2.45, 2.75) is 45.1 Å². The van der Waals surface area contributed by atoms with Crippen molar-refractivity contribution in [3.05, 3.63) is 4.91 Å². The third kappa shape index (κ3) is 2.09. The summed E-state index contributed by atoms with van der Waals surface area (Å²) in [5, 5.41) is 3.01. The first kappa shape index (κ1) is 7.70. The van der Waals surface area contributed by atoms with Gasteiger partial charge in [-0.1, -0.05) is 31.4 Å². The predicted octanol–water partition coefficient (Wildman–Crippen LogP) is 2.72. The van der Waals surface area contributed by atoms with Crippen molar-refractivity contribution in [1.29, 1.82) is 0 Å². The number of hydrogen-bond donors (Lipinski definition) is 0. The Morgan fingerprint density at radius 3 is 2.80 bits per heavy atom. The Balaban J connectivity index is 1.91. The molecule has 0 N–H and O–H groups in total. The zero-order valence-electron chi connectivity index (χ0n) is 6.55. The fraction of sp³-hybridized carbons (Fsp3) is 1.00. The second-order valence-corrected chi connectivity index (χ2v) is 3.16. The number of nitroso groups, excluding NO2 is 1. The number of unbranched alkanes of at least 4 members (excludes halogenated alkanes) is 2. The van der Waals surface area contributed by atoms with Crippen LogP contribution in [0, 0.1) is 10.8 Å². The summed E-state index contributed by atoms with van der Waals surface area (Å²) >= 11 is 0. The lowest BCUT2D eigenvalue weighted by Gasteiger charge is -1.93. The molecule has 0 aromatic carbocycles. The van der Waals surface area contributed by atoms with E-state index in [4.69, 9.17) is 0 Å². The molecule has 2 heteroatoms. The van der Waals surface area contributed by atoms with Crippen LogP contribution in [0.25, 0.3) is 0 Å². The van der Waals surface area contributed by atoms with Crippen molar-refractivity contribution in [2.75, 3.05) is 0 Å². The lowest BCUT2D eigenvalue weighted by atomic mass is 10.1. The molecular weight excluding hydrogens is 126 g/mol. The second kappa shape index (κ2) is 3.69. The molecule has 1 saturated carbocycles. The van der Waals surface area contributed by atoms with Crippen LogP contribution in [0.5, 0.6) is 0 Å². The minimum absolute atomic E-state index is 0.192. The van der Waals surface area contributed by atoms with Gasteiger partial charge in [0, 0.05) is 0 Å².